The van der Waals surface area contributed by atoms with Crippen molar-refractivity contribution >= 4 is 15.8 Å². The molecule has 2 N–H and O–H groups in total. The van der Waals surface area contributed by atoms with Gasteiger partial charge in [-0.1, -0.05) is 12.1 Å². The topological polar surface area (TPSA) is 92.3 Å². The van der Waals surface area contributed by atoms with E-state index in [1.807, 2.05) is 19.1 Å². The Morgan fingerprint density at radius 2 is 1.93 bits per heavy atom. The second kappa shape index (κ2) is 11.4. The number of benzene rings is 1. The van der Waals surface area contributed by atoms with Crippen LogP contribution in [0.15, 0.2) is 29.3 Å². The summed E-state index contributed by atoms with van der Waals surface area (Å²) < 4.78 is 33.6. The Labute approximate surface area is 174 Å². The molecular weight excluding hydrogens is 392 g/mol. The molecule has 0 amide bonds. The Morgan fingerprint density at radius 3 is 2.48 bits per heavy atom. The number of rotatable bonds is 9. The fourth-order valence-corrected chi connectivity index (χ4v) is 4.04. The molecule has 1 aromatic carbocycles. The van der Waals surface area contributed by atoms with Gasteiger partial charge >= 0.3 is 0 Å². The zero-order chi connectivity index (χ0) is 21.3. The lowest BCUT2D eigenvalue weighted by Gasteiger charge is -2.35. The summed E-state index contributed by atoms with van der Waals surface area (Å²) in [7, 11) is 0.409. The van der Waals surface area contributed by atoms with Crippen LogP contribution in [0.3, 0.4) is 0 Å². The normalized spacial score (nSPS) is 18.1. The Morgan fingerprint density at radius 1 is 1.28 bits per heavy atom. The summed E-state index contributed by atoms with van der Waals surface area (Å²) in [5.41, 5.74) is 1.20. The minimum Gasteiger partial charge on any atom is -0.497 e. The first-order chi connectivity index (χ1) is 13.8. The van der Waals surface area contributed by atoms with Crippen molar-refractivity contribution in [1.29, 1.82) is 0 Å². The molecule has 164 valence electrons. The number of guanidine groups is 1. The molecule has 0 radical (unpaired) electrons. The third-order valence-electron chi connectivity index (χ3n) is 4.98. The number of hydrogen-bond donors (Lipinski definition) is 2. The second-order valence-electron chi connectivity index (χ2n) is 7.35. The van der Waals surface area contributed by atoms with Crippen molar-refractivity contribution in [3.63, 3.8) is 0 Å². The molecule has 1 heterocycles. The molecule has 8 nitrogen and oxygen atoms in total. The molecule has 0 saturated carbocycles. The number of morpholine rings is 1. The van der Waals surface area contributed by atoms with Crippen LogP contribution in [0, 0.1) is 0 Å². The average Bonchev–Trinajstić information content (AvgIpc) is 2.72. The molecule has 1 saturated heterocycles. The van der Waals surface area contributed by atoms with Crippen molar-refractivity contribution < 1.29 is 17.9 Å². The van der Waals surface area contributed by atoms with Gasteiger partial charge < -0.3 is 20.1 Å². The first kappa shape index (κ1) is 23.4. The smallest absolute Gasteiger partial charge is 0.191 e. The Bertz CT molecular complexity index is 746. The molecule has 1 fully saturated rings. The summed E-state index contributed by atoms with van der Waals surface area (Å²) in [5, 5.41) is 6.68. The molecule has 0 aromatic heterocycles. The van der Waals surface area contributed by atoms with Crippen molar-refractivity contribution in [3.05, 3.63) is 29.8 Å². The Kier molecular flexibility index (Phi) is 9.19. The zero-order valence-electron chi connectivity index (χ0n) is 17.8. The predicted octanol–water partition coefficient (Wildman–Crippen LogP) is 1.06. The highest BCUT2D eigenvalue weighted by molar-refractivity contribution is 7.90. The first-order valence-corrected chi connectivity index (χ1v) is 12.0. The van der Waals surface area contributed by atoms with Crippen molar-refractivity contribution in [2.24, 2.45) is 4.99 Å². The molecule has 1 aliphatic rings. The molecule has 2 unspecified atom stereocenters. The van der Waals surface area contributed by atoms with E-state index in [1.165, 1.54) is 11.8 Å². The fraction of sp³-hybridized carbons (Fsp3) is 0.650. The predicted molar refractivity (Wildman–Crippen MR) is 116 cm³/mol. The number of nitrogens with zero attached hydrogens (tertiary/aromatic N) is 2. The lowest BCUT2D eigenvalue weighted by molar-refractivity contribution is 0.0170. The van der Waals surface area contributed by atoms with Gasteiger partial charge in [-0.05, 0) is 31.0 Å². The van der Waals surface area contributed by atoms with Crippen LogP contribution in [0.25, 0.3) is 0 Å². The third kappa shape index (κ3) is 8.20. The maximum atomic E-state index is 11.4. The van der Waals surface area contributed by atoms with Crippen molar-refractivity contribution in [1.82, 2.24) is 15.5 Å². The van der Waals surface area contributed by atoms with Gasteiger partial charge in [0.15, 0.2) is 5.96 Å². The highest BCUT2D eigenvalue weighted by Gasteiger charge is 2.23. The van der Waals surface area contributed by atoms with Gasteiger partial charge in [-0.25, -0.2) is 8.42 Å². The lowest BCUT2D eigenvalue weighted by atomic mass is 10.0. The fourth-order valence-electron chi connectivity index (χ4n) is 3.26. The first-order valence-electron chi connectivity index (χ1n) is 9.93. The van der Waals surface area contributed by atoms with Gasteiger partial charge in [0.25, 0.3) is 0 Å². The van der Waals surface area contributed by atoms with Gasteiger partial charge in [0.1, 0.15) is 15.6 Å². The molecule has 2 rings (SSSR count). The molecule has 29 heavy (non-hydrogen) atoms. The van der Waals surface area contributed by atoms with E-state index in [1.54, 1.807) is 14.2 Å². The molecule has 0 bridgehead atoms. The minimum atomic E-state index is -2.97. The van der Waals surface area contributed by atoms with E-state index >= 15 is 0 Å². The average molecular weight is 427 g/mol. The van der Waals surface area contributed by atoms with Crippen LogP contribution < -0.4 is 15.4 Å². The summed E-state index contributed by atoms with van der Waals surface area (Å²) >= 11 is 0. The molecule has 9 heteroatoms. The maximum Gasteiger partial charge on any atom is 0.191 e. The van der Waals surface area contributed by atoms with E-state index in [0.29, 0.717) is 18.9 Å². The molecule has 2 atom stereocenters. The highest BCUT2D eigenvalue weighted by atomic mass is 32.2. The Balaban J connectivity index is 2.01. The highest BCUT2D eigenvalue weighted by Crippen LogP contribution is 2.23. The van der Waals surface area contributed by atoms with Gasteiger partial charge in [-0.3, -0.25) is 9.89 Å². The van der Waals surface area contributed by atoms with E-state index in [4.69, 9.17) is 9.47 Å². The van der Waals surface area contributed by atoms with Crippen LogP contribution in [0.2, 0.25) is 0 Å². The molecular formula is C20H34N4O4S. The largest absolute Gasteiger partial charge is 0.497 e. The standard InChI is InChI=1S/C20H34N4O4S/c1-16(9-14-29(4,25)26)23-20(21-2)22-15-19(24-10-12-28-13-11-24)17-5-7-18(27-3)8-6-17/h5-8,16,19H,9-15H2,1-4H3,(H2,21,22,23). The summed E-state index contributed by atoms with van der Waals surface area (Å²) in [6.45, 7) is 5.82. The summed E-state index contributed by atoms with van der Waals surface area (Å²) in [6.07, 6.45) is 1.79. The van der Waals surface area contributed by atoms with Crippen molar-refractivity contribution in [2.75, 3.05) is 59.0 Å². The summed E-state index contributed by atoms with van der Waals surface area (Å²) in [5.74, 6) is 1.65. The van der Waals surface area contributed by atoms with Crippen LogP contribution >= 0.6 is 0 Å². The minimum absolute atomic E-state index is 0.00116. The number of ether oxygens (including phenoxy) is 2. The number of hydrogen-bond acceptors (Lipinski definition) is 6. The number of aliphatic imine (C=N–C) groups is 1. The van der Waals surface area contributed by atoms with E-state index in [2.05, 4.69) is 32.7 Å². The van der Waals surface area contributed by atoms with Gasteiger partial charge in [0, 0.05) is 39.0 Å². The van der Waals surface area contributed by atoms with Gasteiger partial charge in [0.05, 0.1) is 32.1 Å². The van der Waals surface area contributed by atoms with Crippen LogP contribution in [0.1, 0.15) is 24.9 Å². The maximum absolute atomic E-state index is 11.4. The van der Waals surface area contributed by atoms with E-state index in [9.17, 15) is 8.42 Å². The number of methoxy groups -OCH3 is 1. The lowest BCUT2D eigenvalue weighted by Crippen LogP contribution is -2.48. The molecule has 1 aromatic rings. The van der Waals surface area contributed by atoms with Crippen LogP contribution in [0.5, 0.6) is 5.75 Å². The SMILES string of the molecule is CN=C(NCC(c1ccc(OC)cc1)N1CCOCC1)NC(C)CCS(C)(=O)=O. The monoisotopic (exact) mass is 426 g/mol. The number of nitrogens with one attached hydrogen (secondary N) is 2. The molecule has 0 aliphatic carbocycles. The number of sulfone groups is 1. The van der Waals surface area contributed by atoms with Gasteiger partial charge in [0.2, 0.25) is 0 Å². The van der Waals surface area contributed by atoms with E-state index in [0.717, 1.165) is 32.1 Å². The van der Waals surface area contributed by atoms with Gasteiger partial charge in [-0.2, -0.15) is 0 Å². The van der Waals surface area contributed by atoms with E-state index in [-0.39, 0.29) is 17.8 Å². The van der Waals surface area contributed by atoms with Crippen molar-refractivity contribution in [2.45, 2.75) is 25.4 Å². The zero-order valence-corrected chi connectivity index (χ0v) is 18.7. The van der Waals surface area contributed by atoms with Crippen LogP contribution in [-0.4, -0.2) is 84.3 Å². The van der Waals surface area contributed by atoms with Crippen LogP contribution in [-0.2, 0) is 14.6 Å². The quantitative estimate of drug-likeness (QED) is 0.450. The van der Waals surface area contributed by atoms with Crippen molar-refractivity contribution in [3.8, 4) is 5.75 Å². The van der Waals surface area contributed by atoms with Gasteiger partial charge in [-0.15, -0.1) is 0 Å². The summed E-state index contributed by atoms with van der Waals surface area (Å²) in [6, 6.07) is 8.29. The third-order valence-corrected chi connectivity index (χ3v) is 5.96. The molecule has 1 aliphatic heterocycles. The molecule has 0 spiro atoms. The van der Waals surface area contributed by atoms with Crippen LogP contribution in [0.4, 0.5) is 0 Å². The van der Waals surface area contributed by atoms with E-state index < -0.39 is 9.84 Å². The second-order valence-corrected chi connectivity index (χ2v) is 9.61. The Hall–Kier alpha value is -1.84. The summed E-state index contributed by atoms with van der Waals surface area (Å²) in [4.78, 5) is 6.69.